The first-order valence-electron chi connectivity index (χ1n) is 12.1. The maximum absolute atomic E-state index is 12.7. The summed E-state index contributed by atoms with van der Waals surface area (Å²) in [6.45, 7) is 10.2. The van der Waals surface area contributed by atoms with E-state index in [1.54, 1.807) is 24.2 Å². The molecule has 4 rings (SSSR count). The Labute approximate surface area is 202 Å². The standard InChI is InChI=1S/C25H36N6OS/c1-20-4-6-22(7-5-20)33-25-23(26-11-12-28-25)31-14-8-21(9-15-31)24(32)27-10-3-13-30-18-16-29(2)17-19-30/h4-7,11-12,21H,3,8-10,13-19H2,1-2H3,(H,27,32). The van der Waals surface area contributed by atoms with Crippen molar-refractivity contribution in [2.45, 2.75) is 36.1 Å². The first-order valence-corrected chi connectivity index (χ1v) is 12.9. The molecule has 1 amide bonds. The highest BCUT2D eigenvalue weighted by Gasteiger charge is 2.27. The van der Waals surface area contributed by atoms with Gasteiger partial charge in [-0.3, -0.25) is 4.79 Å². The fraction of sp³-hybridized carbons (Fsp3) is 0.560. The Balaban J connectivity index is 1.22. The van der Waals surface area contributed by atoms with E-state index in [1.165, 1.54) is 5.56 Å². The molecule has 2 fully saturated rings. The fourth-order valence-corrected chi connectivity index (χ4v) is 5.29. The van der Waals surface area contributed by atoms with Crippen molar-refractivity contribution in [3.05, 3.63) is 42.2 Å². The Morgan fingerprint density at radius 2 is 1.73 bits per heavy atom. The molecular weight excluding hydrogens is 432 g/mol. The highest BCUT2D eigenvalue weighted by molar-refractivity contribution is 7.99. The molecule has 1 N–H and O–H groups in total. The van der Waals surface area contributed by atoms with Gasteiger partial charge < -0.3 is 20.0 Å². The van der Waals surface area contributed by atoms with Gasteiger partial charge in [0.25, 0.3) is 0 Å². The minimum Gasteiger partial charge on any atom is -0.356 e. The molecule has 7 nitrogen and oxygen atoms in total. The fourth-order valence-electron chi connectivity index (χ4n) is 4.41. The van der Waals surface area contributed by atoms with Gasteiger partial charge in [0.1, 0.15) is 5.03 Å². The average molecular weight is 469 g/mol. The summed E-state index contributed by atoms with van der Waals surface area (Å²) in [7, 11) is 2.18. The van der Waals surface area contributed by atoms with E-state index in [9.17, 15) is 4.79 Å². The van der Waals surface area contributed by atoms with Crippen LogP contribution in [0.25, 0.3) is 0 Å². The maximum Gasteiger partial charge on any atom is 0.223 e. The molecule has 0 spiro atoms. The van der Waals surface area contributed by atoms with Crippen LogP contribution in [0.2, 0.25) is 0 Å². The largest absolute Gasteiger partial charge is 0.356 e. The van der Waals surface area contributed by atoms with E-state index in [4.69, 9.17) is 0 Å². The summed E-state index contributed by atoms with van der Waals surface area (Å²) in [5.74, 6) is 1.23. The SMILES string of the molecule is Cc1ccc(Sc2nccnc2N2CCC(C(=O)NCCCN3CCN(C)CC3)CC2)cc1. The third-order valence-corrected chi connectivity index (χ3v) is 7.58. The number of piperazine rings is 1. The molecule has 2 saturated heterocycles. The summed E-state index contributed by atoms with van der Waals surface area (Å²) in [5, 5.41) is 4.10. The van der Waals surface area contributed by atoms with Crippen LogP contribution in [0.4, 0.5) is 5.82 Å². The molecule has 2 aliphatic rings. The topological polar surface area (TPSA) is 64.6 Å². The second-order valence-corrected chi connectivity index (χ2v) is 10.2. The summed E-state index contributed by atoms with van der Waals surface area (Å²) in [5.41, 5.74) is 1.25. The summed E-state index contributed by atoms with van der Waals surface area (Å²) in [6.07, 6.45) is 6.24. The number of amides is 1. The monoisotopic (exact) mass is 468 g/mol. The number of likely N-dealkylation sites (N-methyl/N-ethyl adjacent to an activating group) is 1. The number of hydrogen-bond donors (Lipinski definition) is 1. The summed E-state index contributed by atoms with van der Waals surface area (Å²) < 4.78 is 0. The van der Waals surface area contributed by atoms with Crippen LogP contribution >= 0.6 is 11.8 Å². The quantitative estimate of drug-likeness (QED) is 0.598. The van der Waals surface area contributed by atoms with Crippen LogP contribution in [-0.4, -0.2) is 85.1 Å². The second-order valence-electron chi connectivity index (χ2n) is 9.15. The van der Waals surface area contributed by atoms with E-state index < -0.39 is 0 Å². The number of aromatic nitrogens is 2. The Morgan fingerprint density at radius 1 is 1.03 bits per heavy atom. The number of nitrogens with zero attached hydrogens (tertiary/aromatic N) is 5. The number of benzene rings is 1. The van der Waals surface area contributed by atoms with Crippen LogP contribution in [0.3, 0.4) is 0 Å². The number of carbonyl (C=O) groups is 1. The molecule has 3 heterocycles. The molecule has 0 saturated carbocycles. The molecule has 0 aliphatic carbocycles. The van der Waals surface area contributed by atoms with Gasteiger partial charge in [-0.25, -0.2) is 9.97 Å². The summed E-state index contributed by atoms with van der Waals surface area (Å²) in [4.78, 5) is 30.2. The zero-order chi connectivity index (χ0) is 23.0. The first kappa shape index (κ1) is 24.0. The van der Waals surface area contributed by atoms with Gasteiger partial charge in [0, 0.05) is 69.0 Å². The molecule has 8 heteroatoms. The Kier molecular flexibility index (Phi) is 8.58. The number of hydrogen-bond acceptors (Lipinski definition) is 7. The number of anilines is 1. The van der Waals surface area contributed by atoms with Crippen LogP contribution in [0, 0.1) is 12.8 Å². The van der Waals surface area contributed by atoms with Gasteiger partial charge in [-0.2, -0.15) is 0 Å². The minimum atomic E-state index is 0.0924. The predicted molar refractivity (Wildman–Crippen MR) is 134 cm³/mol. The lowest BCUT2D eigenvalue weighted by molar-refractivity contribution is -0.125. The van der Waals surface area contributed by atoms with Crippen LogP contribution < -0.4 is 10.2 Å². The number of carbonyl (C=O) groups excluding carboxylic acids is 1. The lowest BCUT2D eigenvalue weighted by Crippen LogP contribution is -2.45. The van der Waals surface area contributed by atoms with Crippen molar-refractivity contribution in [1.82, 2.24) is 25.1 Å². The average Bonchev–Trinajstić information content (AvgIpc) is 2.85. The normalized spacial score (nSPS) is 18.4. The zero-order valence-corrected chi connectivity index (χ0v) is 20.7. The molecule has 0 bridgehead atoms. The summed E-state index contributed by atoms with van der Waals surface area (Å²) in [6, 6.07) is 8.48. The smallest absolute Gasteiger partial charge is 0.223 e. The van der Waals surface area contributed by atoms with Gasteiger partial charge in [-0.15, -0.1) is 0 Å². The highest BCUT2D eigenvalue weighted by Crippen LogP contribution is 2.34. The second kappa shape index (κ2) is 11.8. The van der Waals surface area contributed by atoms with Gasteiger partial charge in [-0.05, 0) is 51.9 Å². The molecule has 0 radical (unpaired) electrons. The molecule has 2 aliphatic heterocycles. The van der Waals surface area contributed by atoms with E-state index in [2.05, 4.69) is 68.2 Å². The van der Waals surface area contributed by atoms with Crippen molar-refractivity contribution in [3.8, 4) is 0 Å². The molecule has 0 unspecified atom stereocenters. The van der Waals surface area contributed by atoms with E-state index in [-0.39, 0.29) is 11.8 Å². The Bertz CT molecular complexity index is 892. The van der Waals surface area contributed by atoms with Crippen molar-refractivity contribution in [2.75, 3.05) is 64.3 Å². The zero-order valence-electron chi connectivity index (χ0n) is 19.9. The predicted octanol–water partition coefficient (Wildman–Crippen LogP) is 2.91. The number of nitrogens with one attached hydrogen (secondary N) is 1. The van der Waals surface area contributed by atoms with Crippen LogP contribution in [0.15, 0.2) is 46.6 Å². The van der Waals surface area contributed by atoms with Gasteiger partial charge in [-0.1, -0.05) is 29.5 Å². The van der Waals surface area contributed by atoms with Crippen molar-refractivity contribution < 1.29 is 4.79 Å². The Hall–Kier alpha value is -2.16. The lowest BCUT2D eigenvalue weighted by Gasteiger charge is -2.33. The highest BCUT2D eigenvalue weighted by atomic mass is 32.2. The number of rotatable bonds is 8. The van der Waals surface area contributed by atoms with Gasteiger partial charge >= 0.3 is 0 Å². The minimum absolute atomic E-state index is 0.0924. The van der Waals surface area contributed by atoms with Gasteiger partial charge in [0.2, 0.25) is 5.91 Å². The number of piperidine rings is 1. The van der Waals surface area contributed by atoms with Crippen molar-refractivity contribution in [1.29, 1.82) is 0 Å². The van der Waals surface area contributed by atoms with Crippen molar-refractivity contribution >= 4 is 23.5 Å². The molecule has 178 valence electrons. The molecule has 33 heavy (non-hydrogen) atoms. The van der Waals surface area contributed by atoms with E-state index >= 15 is 0 Å². The molecular formula is C25H36N6OS. The number of aryl methyl sites for hydroxylation is 1. The van der Waals surface area contributed by atoms with E-state index in [0.717, 1.165) is 87.4 Å². The van der Waals surface area contributed by atoms with E-state index in [1.807, 2.05) is 0 Å². The first-order chi connectivity index (χ1) is 16.1. The molecule has 0 atom stereocenters. The van der Waals surface area contributed by atoms with Crippen LogP contribution in [0.1, 0.15) is 24.8 Å². The summed E-state index contributed by atoms with van der Waals surface area (Å²) >= 11 is 1.65. The third kappa shape index (κ3) is 6.91. The lowest BCUT2D eigenvalue weighted by atomic mass is 9.96. The van der Waals surface area contributed by atoms with Crippen molar-refractivity contribution in [3.63, 3.8) is 0 Å². The van der Waals surface area contributed by atoms with Crippen molar-refractivity contribution in [2.24, 2.45) is 5.92 Å². The maximum atomic E-state index is 12.7. The van der Waals surface area contributed by atoms with E-state index in [0.29, 0.717) is 0 Å². The third-order valence-electron chi connectivity index (χ3n) is 6.59. The molecule has 1 aromatic heterocycles. The molecule has 2 aromatic rings. The van der Waals surface area contributed by atoms with Gasteiger partial charge in [0.05, 0.1) is 0 Å². The van der Waals surface area contributed by atoms with Crippen LogP contribution in [0.5, 0.6) is 0 Å². The van der Waals surface area contributed by atoms with Gasteiger partial charge in [0.15, 0.2) is 5.82 Å². The molecule has 1 aromatic carbocycles. The Morgan fingerprint density at radius 3 is 2.45 bits per heavy atom. The van der Waals surface area contributed by atoms with Crippen LogP contribution in [-0.2, 0) is 4.79 Å².